The van der Waals surface area contributed by atoms with E-state index in [1.807, 2.05) is 18.2 Å². The van der Waals surface area contributed by atoms with E-state index in [0.717, 1.165) is 36.1 Å². The zero-order chi connectivity index (χ0) is 22.1. The number of aryl methyl sites for hydroxylation is 1. The summed E-state index contributed by atoms with van der Waals surface area (Å²) < 4.78 is 6.82. The lowest BCUT2D eigenvalue weighted by atomic mass is 9.97. The van der Waals surface area contributed by atoms with Gasteiger partial charge in [0.15, 0.2) is 5.43 Å². The molecule has 0 saturated carbocycles. The smallest absolute Gasteiger partial charge is 0.290 e. The number of halogens is 1. The third-order valence-corrected chi connectivity index (χ3v) is 6.68. The maximum Gasteiger partial charge on any atom is 0.290 e. The normalized spacial score (nSPS) is 15.8. The molecule has 5 nitrogen and oxygen atoms in total. The average Bonchev–Trinajstić information content (AvgIpc) is 3.07. The molecule has 0 N–H and O–H groups in total. The lowest BCUT2D eigenvalue weighted by Crippen LogP contribution is -2.37. The molecule has 0 radical (unpaired) electrons. The average molecular weight is 483 g/mol. The van der Waals surface area contributed by atoms with Crippen LogP contribution < -0.4 is 5.43 Å². The lowest BCUT2D eigenvalue weighted by Gasteiger charge is -2.28. The summed E-state index contributed by atoms with van der Waals surface area (Å²) in [7, 11) is 0. The van der Waals surface area contributed by atoms with Crippen molar-refractivity contribution in [1.82, 2.24) is 9.80 Å². The zero-order valence-electron chi connectivity index (χ0n) is 18.2. The molecule has 4 rings (SSSR count). The van der Waals surface area contributed by atoms with Crippen LogP contribution >= 0.6 is 15.9 Å². The maximum atomic E-state index is 13.6. The van der Waals surface area contributed by atoms with E-state index in [0.29, 0.717) is 23.1 Å². The van der Waals surface area contributed by atoms with Crippen LogP contribution in [0.5, 0.6) is 0 Å². The van der Waals surface area contributed by atoms with Gasteiger partial charge >= 0.3 is 0 Å². The number of carbonyl (C=O) groups is 1. The van der Waals surface area contributed by atoms with Crippen LogP contribution in [0.25, 0.3) is 11.0 Å². The summed E-state index contributed by atoms with van der Waals surface area (Å²) in [5.74, 6) is -0.0439. The van der Waals surface area contributed by atoms with E-state index in [4.69, 9.17) is 4.42 Å². The highest BCUT2D eigenvalue weighted by Crippen LogP contribution is 2.38. The van der Waals surface area contributed by atoms with Crippen molar-refractivity contribution in [1.29, 1.82) is 0 Å². The van der Waals surface area contributed by atoms with Gasteiger partial charge in [0.05, 0.1) is 17.0 Å². The van der Waals surface area contributed by atoms with Gasteiger partial charge in [-0.15, -0.1) is 0 Å². The van der Waals surface area contributed by atoms with E-state index < -0.39 is 6.04 Å². The highest BCUT2D eigenvalue weighted by molar-refractivity contribution is 9.10. The molecule has 1 amide bonds. The van der Waals surface area contributed by atoms with Gasteiger partial charge in [-0.1, -0.05) is 61.0 Å². The fourth-order valence-electron chi connectivity index (χ4n) is 4.29. The predicted molar refractivity (Wildman–Crippen MR) is 127 cm³/mol. The van der Waals surface area contributed by atoms with Crippen LogP contribution in [0.1, 0.15) is 54.1 Å². The van der Waals surface area contributed by atoms with Gasteiger partial charge in [-0.3, -0.25) is 9.59 Å². The first-order valence-electron chi connectivity index (χ1n) is 10.9. The number of rotatable bonds is 7. The maximum absolute atomic E-state index is 13.6. The molecular weight excluding hydrogens is 456 g/mol. The summed E-state index contributed by atoms with van der Waals surface area (Å²) in [6.07, 6.45) is 0.937. The van der Waals surface area contributed by atoms with Gasteiger partial charge < -0.3 is 14.2 Å². The van der Waals surface area contributed by atoms with E-state index in [9.17, 15) is 9.59 Å². The summed E-state index contributed by atoms with van der Waals surface area (Å²) >= 11 is 3.44. The lowest BCUT2D eigenvalue weighted by molar-refractivity contribution is 0.0708. The molecule has 0 spiro atoms. The number of carbonyl (C=O) groups excluding carboxylic acids is 1. The number of hydrogen-bond acceptors (Lipinski definition) is 4. The molecule has 1 aliphatic heterocycles. The summed E-state index contributed by atoms with van der Waals surface area (Å²) in [5, 5.41) is 0.488. The fraction of sp³-hybridized carbons (Fsp3) is 0.360. The van der Waals surface area contributed by atoms with E-state index >= 15 is 0 Å². The van der Waals surface area contributed by atoms with Crippen LogP contribution in [0.3, 0.4) is 0 Å². The fourth-order valence-corrected chi connectivity index (χ4v) is 4.66. The highest BCUT2D eigenvalue weighted by atomic mass is 79.9. The molecule has 2 heterocycles. The minimum Gasteiger partial charge on any atom is -0.450 e. The van der Waals surface area contributed by atoms with Gasteiger partial charge in [0.2, 0.25) is 5.76 Å². The van der Waals surface area contributed by atoms with Gasteiger partial charge in [-0.05, 0) is 48.8 Å². The highest BCUT2D eigenvalue weighted by Gasteiger charge is 2.42. The first-order chi connectivity index (χ1) is 15.0. The van der Waals surface area contributed by atoms with Crippen LogP contribution in [-0.2, 0) is 6.42 Å². The Bertz CT molecular complexity index is 1170. The Balaban J connectivity index is 1.86. The Labute approximate surface area is 190 Å². The van der Waals surface area contributed by atoms with E-state index in [1.54, 1.807) is 17.0 Å². The molecule has 31 heavy (non-hydrogen) atoms. The Kier molecular flexibility index (Phi) is 6.30. The van der Waals surface area contributed by atoms with Crippen molar-refractivity contribution in [3.63, 3.8) is 0 Å². The summed E-state index contributed by atoms with van der Waals surface area (Å²) in [6, 6.07) is 13.1. The topological polar surface area (TPSA) is 53.8 Å². The monoisotopic (exact) mass is 482 g/mol. The van der Waals surface area contributed by atoms with Gasteiger partial charge in [-0.2, -0.15) is 0 Å². The SMILES string of the molecule is CCc1ccc(C2c3c(oc4ccc(Br)cc4c3=O)C(=O)N2CCN(CC)CC)cc1. The molecule has 0 fully saturated rings. The van der Waals surface area contributed by atoms with Crippen molar-refractivity contribution in [2.24, 2.45) is 0 Å². The minimum absolute atomic E-state index is 0.138. The first-order valence-corrected chi connectivity index (χ1v) is 11.7. The molecule has 0 bridgehead atoms. The number of amides is 1. The van der Waals surface area contributed by atoms with Gasteiger partial charge in [0.1, 0.15) is 5.58 Å². The second kappa shape index (κ2) is 8.97. The second-order valence-corrected chi connectivity index (χ2v) is 8.75. The molecule has 2 aromatic carbocycles. The summed E-state index contributed by atoms with van der Waals surface area (Å²) in [4.78, 5) is 31.0. The van der Waals surface area contributed by atoms with Crippen molar-refractivity contribution in [3.8, 4) is 0 Å². The molecule has 162 valence electrons. The van der Waals surface area contributed by atoms with Crippen molar-refractivity contribution in [2.75, 3.05) is 26.2 Å². The molecule has 0 aliphatic carbocycles. The number of benzene rings is 2. The Morgan fingerprint density at radius 3 is 2.39 bits per heavy atom. The molecule has 6 heteroatoms. The van der Waals surface area contributed by atoms with E-state index in [-0.39, 0.29) is 17.1 Å². The first kappa shape index (κ1) is 21.8. The van der Waals surface area contributed by atoms with Gasteiger partial charge in [0, 0.05) is 17.6 Å². The van der Waals surface area contributed by atoms with Crippen molar-refractivity contribution in [2.45, 2.75) is 33.2 Å². The Morgan fingerprint density at radius 2 is 1.74 bits per heavy atom. The van der Waals surface area contributed by atoms with Crippen LogP contribution in [0.2, 0.25) is 0 Å². The van der Waals surface area contributed by atoms with E-state index in [2.05, 4.69) is 53.7 Å². The standard InChI is InChI=1S/C25H27BrN2O3/c1-4-16-7-9-17(10-8-16)22-21-23(29)19-15-18(26)11-12-20(19)31-24(21)25(30)28(22)14-13-27(5-2)6-3/h7-12,15,22H,4-6,13-14H2,1-3H3. The molecule has 1 aliphatic rings. The largest absolute Gasteiger partial charge is 0.450 e. The van der Waals surface area contributed by atoms with Crippen molar-refractivity contribution in [3.05, 3.63) is 79.6 Å². The molecule has 1 atom stereocenters. The van der Waals surface area contributed by atoms with Gasteiger partial charge in [0.25, 0.3) is 5.91 Å². The van der Waals surface area contributed by atoms with Crippen LogP contribution in [0, 0.1) is 0 Å². The molecule has 1 aromatic heterocycles. The third-order valence-electron chi connectivity index (χ3n) is 6.18. The van der Waals surface area contributed by atoms with Gasteiger partial charge in [-0.25, -0.2) is 0 Å². The van der Waals surface area contributed by atoms with E-state index in [1.165, 1.54) is 5.56 Å². The number of likely N-dealkylation sites (N-methyl/N-ethyl adjacent to an activating group) is 1. The second-order valence-electron chi connectivity index (χ2n) is 7.84. The Hall–Kier alpha value is -2.44. The quantitative estimate of drug-likeness (QED) is 0.475. The summed E-state index contributed by atoms with van der Waals surface area (Å²) in [6.45, 7) is 9.44. The molecule has 0 saturated heterocycles. The van der Waals surface area contributed by atoms with Crippen LogP contribution in [0.15, 0.2) is 56.1 Å². The van der Waals surface area contributed by atoms with Crippen molar-refractivity contribution >= 4 is 32.8 Å². The number of nitrogens with zero attached hydrogens (tertiary/aromatic N) is 2. The predicted octanol–water partition coefficient (Wildman–Crippen LogP) is 5.00. The molecule has 1 unspecified atom stereocenters. The number of fused-ring (bicyclic) bond motifs is 2. The number of hydrogen-bond donors (Lipinski definition) is 0. The minimum atomic E-state index is -0.441. The van der Waals surface area contributed by atoms with Crippen molar-refractivity contribution < 1.29 is 9.21 Å². The molecular formula is C25H27BrN2O3. The van der Waals surface area contributed by atoms with Crippen LogP contribution in [-0.4, -0.2) is 41.9 Å². The Morgan fingerprint density at radius 1 is 1.03 bits per heavy atom. The molecule has 3 aromatic rings. The third kappa shape index (κ3) is 3.94. The van der Waals surface area contributed by atoms with Crippen LogP contribution in [0.4, 0.5) is 0 Å². The summed E-state index contributed by atoms with van der Waals surface area (Å²) in [5.41, 5.74) is 2.90. The zero-order valence-corrected chi connectivity index (χ0v) is 19.7.